The molecule has 0 aromatic carbocycles. The van der Waals surface area contributed by atoms with E-state index in [0.717, 1.165) is 44.5 Å². The van der Waals surface area contributed by atoms with Crippen LogP contribution in [0.2, 0.25) is 0 Å². The van der Waals surface area contributed by atoms with Gasteiger partial charge in [0.15, 0.2) is 0 Å². The monoisotopic (exact) mass is 414 g/mol. The minimum Gasteiger partial charge on any atom is -0.483 e. The van der Waals surface area contributed by atoms with Crippen LogP contribution in [0.3, 0.4) is 0 Å². The maximum Gasteiger partial charge on any atom is 0.290 e. The number of hydrogen-bond acceptors (Lipinski definition) is 5. The second-order valence-electron chi connectivity index (χ2n) is 7.91. The molecule has 160 valence electrons. The number of hydrogen-bond donors (Lipinski definition) is 2. The van der Waals surface area contributed by atoms with Crippen molar-refractivity contribution in [2.75, 3.05) is 31.6 Å². The molecule has 3 heterocycles. The van der Waals surface area contributed by atoms with Gasteiger partial charge in [0.2, 0.25) is 11.8 Å². The molecule has 4 atom stereocenters. The van der Waals surface area contributed by atoms with Crippen LogP contribution in [0, 0.1) is 17.8 Å². The number of carbonyl (C=O) groups is 3. The van der Waals surface area contributed by atoms with Gasteiger partial charge in [-0.15, -0.1) is 0 Å². The fraction of sp³-hybridized carbons (Fsp3) is 0.850. The molecular weight excluding hydrogens is 380 g/mol. The molecule has 0 saturated carbocycles. The molecule has 2 amide bonds. The number of thioether (sulfide) groups is 1. The van der Waals surface area contributed by atoms with E-state index in [9.17, 15) is 9.59 Å². The largest absolute Gasteiger partial charge is 0.483 e. The number of amides is 2. The maximum absolute atomic E-state index is 12.8. The summed E-state index contributed by atoms with van der Waals surface area (Å²) in [4.78, 5) is 35.2. The summed E-state index contributed by atoms with van der Waals surface area (Å²) in [6, 6.07) is 0. The summed E-state index contributed by atoms with van der Waals surface area (Å²) in [6.45, 7) is 6.18. The normalized spacial score (nSPS) is 30.0. The Hall–Kier alpha value is -1.28. The first-order valence-corrected chi connectivity index (χ1v) is 11.7. The van der Waals surface area contributed by atoms with E-state index >= 15 is 0 Å². The van der Waals surface area contributed by atoms with Crippen LogP contribution < -0.4 is 5.32 Å². The van der Waals surface area contributed by atoms with Crippen LogP contribution in [0.5, 0.6) is 0 Å². The standard InChI is InChI=1S/C19H32N2O3S.CH2O2/c1-4-13(5-2)18(23)21-11-15-14(10-20-17(22)7-9-25-3)16-6-8-19(15,12-21)24-16;2-1-3/h13-16H,4-12H2,1-3H3,(H,20,22);1H,(H,2,3)/t14-,15+,16+,19+;/m0./s1. The Morgan fingerprint density at radius 3 is 2.68 bits per heavy atom. The van der Waals surface area contributed by atoms with Crippen LogP contribution in [-0.2, 0) is 19.1 Å². The number of nitrogens with zero attached hydrogens (tertiary/aromatic N) is 1. The van der Waals surface area contributed by atoms with Crippen LogP contribution >= 0.6 is 11.8 Å². The first kappa shape index (κ1) is 23.0. The second kappa shape index (κ2) is 10.5. The number of rotatable bonds is 8. The van der Waals surface area contributed by atoms with Gasteiger partial charge in [0.1, 0.15) is 0 Å². The molecule has 3 aliphatic rings. The summed E-state index contributed by atoms with van der Waals surface area (Å²) < 4.78 is 6.39. The third-order valence-electron chi connectivity index (χ3n) is 6.50. The predicted molar refractivity (Wildman–Crippen MR) is 109 cm³/mol. The molecule has 3 saturated heterocycles. The molecule has 2 N–H and O–H groups in total. The Kier molecular flexibility index (Phi) is 8.61. The molecule has 3 rings (SSSR count). The van der Waals surface area contributed by atoms with Crippen LogP contribution in [0.4, 0.5) is 0 Å². The van der Waals surface area contributed by atoms with E-state index < -0.39 is 0 Å². The van der Waals surface area contributed by atoms with Crippen LogP contribution in [0.1, 0.15) is 46.0 Å². The third-order valence-corrected chi connectivity index (χ3v) is 7.11. The highest BCUT2D eigenvalue weighted by Gasteiger charge is 2.63. The summed E-state index contributed by atoms with van der Waals surface area (Å²) in [5.74, 6) is 2.16. The number of ether oxygens (including phenoxy) is 1. The lowest BCUT2D eigenvalue weighted by molar-refractivity contribution is -0.136. The van der Waals surface area contributed by atoms with Crippen molar-refractivity contribution in [2.24, 2.45) is 17.8 Å². The van der Waals surface area contributed by atoms with E-state index in [4.69, 9.17) is 14.6 Å². The summed E-state index contributed by atoms with van der Waals surface area (Å²) in [6.07, 6.45) is 6.79. The highest BCUT2D eigenvalue weighted by Crippen LogP contribution is 2.54. The predicted octanol–water partition coefficient (Wildman–Crippen LogP) is 2.00. The van der Waals surface area contributed by atoms with Crippen molar-refractivity contribution in [1.29, 1.82) is 0 Å². The van der Waals surface area contributed by atoms with Gasteiger partial charge in [0.05, 0.1) is 18.2 Å². The molecule has 28 heavy (non-hydrogen) atoms. The molecule has 8 heteroatoms. The van der Waals surface area contributed by atoms with Crippen molar-refractivity contribution in [3.8, 4) is 0 Å². The van der Waals surface area contributed by atoms with Gasteiger partial charge in [-0.25, -0.2) is 0 Å². The third kappa shape index (κ3) is 4.82. The van der Waals surface area contributed by atoms with Crippen LogP contribution in [0.25, 0.3) is 0 Å². The van der Waals surface area contributed by atoms with Gasteiger partial charge >= 0.3 is 0 Å². The van der Waals surface area contributed by atoms with Gasteiger partial charge < -0.3 is 20.1 Å². The summed E-state index contributed by atoms with van der Waals surface area (Å²) in [5.41, 5.74) is -0.138. The summed E-state index contributed by atoms with van der Waals surface area (Å²) >= 11 is 1.70. The molecule has 3 aliphatic heterocycles. The zero-order chi connectivity index (χ0) is 20.7. The van der Waals surface area contributed by atoms with Gasteiger partial charge in [0.25, 0.3) is 6.47 Å². The number of carbonyl (C=O) groups excluding carboxylic acids is 2. The molecule has 3 fully saturated rings. The Morgan fingerprint density at radius 1 is 1.39 bits per heavy atom. The fourth-order valence-electron chi connectivity index (χ4n) is 5.04. The highest BCUT2D eigenvalue weighted by atomic mass is 32.2. The smallest absolute Gasteiger partial charge is 0.290 e. The number of nitrogens with one attached hydrogen (secondary N) is 1. The van der Waals surface area contributed by atoms with E-state index in [1.165, 1.54) is 0 Å². The van der Waals surface area contributed by atoms with E-state index in [1.807, 2.05) is 11.2 Å². The average Bonchev–Trinajstić information content (AvgIpc) is 3.34. The lowest BCUT2D eigenvalue weighted by atomic mass is 9.73. The number of fused-ring (bicyclic) bond motifs is 1. The first-order valence-electron chi connectivity index (χ1n) is 10.3. The van der Waals surface area contributed by atoms with Gasteiger partial charge in [0, 0.05) is 43.0 Å². The zero-order valence-corrected chi connectivity index (χ0v) is 18.0. The van der Waals surface area contributed by atoms with E-state index in [2.05, 4.69) is 19.2 Å². The van der Waals surface area contributed by atoms with Crippen molar-refractivity contribution in [3.63, 3.8) is 0 Å². The van der Waals surface area contributed by atoms with Crippen molar-refractivity contribution in [2.45, 2.75) is 57.7 Å². The Bertz CT molecular complexity index is 557. The van der Waals surface area contributed by atoms with Gasteiger partial charge in [-0.1, -0.05) is 13.8 Å². The Labute approximate surface area is 171 Å². The molecule has 0 radical (unpaired) electrons. The van der Waals surface area contributed by atoms with Gasteiger partial charge in [-0.2, -0.15) is 11.8 Å². The zero-order valence-electron chi connectivity index (χ0n) is 17.2. The van der Waals surface area contributed by atoms with Crippen molar-refractivity contribution in [3.05, 3.63) is 0 Å². The van der Waals surface area contributed by atoms with Crippen LogP contribution in [-0.4, -0.2) is 71.6 Å². The van der Waals surface area contributed by atoms with Crippen molar-refractivity contribution >= 4 is 30.0 Å². The molecule has 1 spiro atoms. The lowest BCUT2D eigenvalue weighted by Crippen LogP contribution is -2.41. The topological polar surface area (TPSA) is 95.9 Å². The fourth-order valence-corrected chi connectivity index (χ4v) is 5.43. The van der Waals surface area contributed by atoms with Gasteiger partial charge in [-0.3, -0.25) is 14.4 Å². The maximum atomic E-state index is 12.8. The molecular formula is C20H34N2O5S. The molecule has 7 nitrogen and oxygen atoms in total. The summed E-state index contributed by atoms with van der Waals surface area (Å²) in [7, 11) is 0. The number of carboxylic acid groups (broad SMARTS) is 1. The van der Waals surface area contributed by atoms with E-state index in [-0.39, 0.29) is 30.0 Å². The minimum atomic E-state index is -0.250. The van der Waals surface area contributed by atoms with Crippen molar-refractivity contribution < 1.29 is 24.2 Å². The Balaban J connectivity index is 0.000000878. The van der Waals surface area contributed by atoms with E-state index in [1.54, 1.807) is 11.8 Å². The van der Waals surface area contributed by atoms with E-state index in [0.29, 0.717) is 30.7 Å². The molecule has 2 bridgehead atoms. The quantitative estimate of drug-likeness (QED) is 0.590. The number of likely N-dealkylation sites (tertiary alicyclic amines) is 1. The van der Waals surface area contributed by atoms with Crippen molar-refractivity contribution in [1.82, 2.24) is 10.2 Å². The Morgan fingerprint density at radius 2 is 2.07 bits per heavy atom. The second-order valence-corrected chi connectivity index (χ2v) is 8.90. The minimum absolute atomic E-state index is 0.133. The molecule has 0 unspecified atom stereocenters. The average molecular weight is 415 g/mol. The molecule has 0 aromatic heterocycles. The molecule has 0 aromatic rings. The highest BCUT2D eigenvalue weighted by molar-refractivity contribution is 7.98. The van der Waals surface area contributed by atoms with Crippen LogP contribution in [0.15, 0.2) is 0 Å². The first-order chi connectivity index (χ1) is 13.5. The lowest BCUT2D eigenvalue weighted by Gasteiger charge is -2.29. The SMILES string of the molecule is CCC(CC)C(=O)N1C[C@@H]2[C@H](CNC(=O)CCSC)[C@H]3CC[C@]2(C1)O3.O=CO. The summed E-state index contributed by atoms with van der Waals surface area (Å²) in [5, 5.41) is 10.00. The molecule has 0 aliphatic carbocycles. The van der Waals surface area contributed by atoms with Gasteiger partial charge in [-0.05, 0) is 31.9 Å².